The molecule has 0 aromatic heterocycles. The number of hydrogen-bond donors (Lipinski definition) is 2. The number of carbonyl (C=O) groups is 3. The summed E-state index contributed by atoms with van der Waals surface area (Å²) < 4.78 is 9.76. The third-order valence-electron chi connectivity index (χ3n) is 3.92. The summed E-state index contributed by atoms with van der Waals surface area (Å²) >= 11 is 0. The molecule has 2 N–H and O–H groups in total. The predicted octanol–water partition coefficient (Wildman–Crippen LogP) is 1.91. The fourth-order valence-corrected chi connectivity index (χ4v) is 2.40. The molecule has 0 fully saturated rings. The van der Waals surface area contributed by atoms with E-state index in [2.05, 4.69) is 15.4 Å². The molecule has 0 saturated carbocycles. The lowest BCUT2D eigenvalue weighted by Crippen LogP contribution is -2.49. The first kappa shape index (κ1) is 21.5. The van der Waals surface area contributed by atoms with Crippen molar-refractivity contribution in [2.24, 2.45) is 5.92 Å². The van der Waals surface area contributed by atoms with Crippen molar-refractivity contribution < 1.29 is 23.9 Å². The van der Waals surface area contributed by atoms with E-state index in [1.54, 1.807) is 24.3 Å². The number of methoxy groups -OCH3 is 2. The Labute approximate surface area is 154 Å². The summed E-state index contributed by atoms with van der Waals surface area (Å²) in [5.74, 6) is -0.497. The van der Waals surface area contributed by atoms with Crippen molar-refractivity contribution in [3.05, 3.63) is 29.8 Å². The lowest BCUT2D eigenvalue weighted by atomic mass is 10.0. The van der Waals surface area contributed by atoms with Gasteiger partial charge in [-0.2, -0.15) is 0 Å². The first-order valence-corrected chi connectivity index (χ1v) is 8.69. The van der Waals surface area contributed by atoms with Crippen LogP contribution in [0.15, 0.2) is 24.3 Å². The van der Waals surface area contributed by atoms with Crippen LogP contribution in [0.5, 0.6) is 5.75 Å². The highest BCUT2D eigenvalue weighted by molar-refractivity contribution is 5.99. The van der Waals surface area contributed by atoms with Crippen LogP contribution < -0.4 is 15.4 Å². The Kier molecular flexibility index (Phi) is 9.19. The first-order chi connectivity index (χ1) is 12.4. The number of unbranched alkanes of at least 4 members (excludes halogenated alkanes) is 1. The van der Waals surface area contributed by atoms with E-state index in [4.69, 9.17) is 4.74 Å². The Hall–Kier alpha value is -2.57. The number of nitrogens with one attached hydrogen (secondary N) is 2. The second kappa shape index (κ2) is 11.1. The van der Waals surface area contributed by atoms with Crippen molar-refractivity contribution >= 4 is 17.8 Å². The van der Waals surface area contributed by atoms with Gasteiger partial charge in [0.15, 0.2) is 0 Å². The van der Waals surface area contributed by atoms with E-state index in [0.29, 0.717) is 37.1 Å². The molecule has 1 rings (SSSR count). The smallest absolute Gasteiger partial charge is 0.305 e. The van der Waals surface area contributed by atoms with Crippen molar-refractivity contribution in [1.29, 1.82) is 0 Å². The van der Waals surface area contributed by atoms with Crippen molar-refractivity contribution in [1.82, 2.24) is 10.6 Å². The third kappa shape index (κ3) is 6.74. The van der Waals surface area contributed by atoms with Crippen LogP contribution in [0.2, 0.25) is 0 Å². The van der Waals surface area contributed by atoms with Gasteiger partial charge in [-0.1, -0.05) is 26.0 Å². The lowest BCUT2D eigenvalue weighted by Gasteiger charge is -2.22. The molecule has 0 saturated heterocycles. The van der Waals surface area contributed by atoms with Gasteiger partial charge in [-0.05, 0) is 30.9 Å². The predicted molar refractivity (Wildman–Crippen MR) is 98.0 cm³/mol. The Morgan fingerprint density at radius 2 is 1.77 bits per heavy atom. The zero-order chi connectivity index (χ0) is 19.5. The van der Waals surface area contributed by atoms with Gasteiger partial charge in [-0.15, -0.1) is 0 Å². The molecule has 0 radical (unpaired) electrons. The maximum absolute atomic E-state index is 12.5. The Balaban J connectivity index is 2.58. The Morgan fingerprint density at radius 3 is 2.38 bits per heavy atom. The van der Waals surface area contributed by atoms with E-state index in [1.807, 2.05) is 13.8 Å². The fraction of sp³-hybridized carbons (Fsp3) is 0.526. The van der Waals surface area contributed by atoms with E-state index in [-0.39, 0.29) is 23.7 Å². The zero-order valence-corrected chi connectivity index (χ0v) is 15.8. The van der Waals surface area contributed by atoms with Gasteiger partial charge in [0.05, 0.1) is 19.8 Å². The molecule has 2 amide bonds. The van der Waals surface area contributed by atoms with Crippen LogP contribution in [0.25, 0.3) is 0 Å². The summed E-state index contributed by atoms with van der Waals surface area (Å²) in [6, 6.07) is 6.20. The average molecular weight is 364 g/mol. The van der Waals surface area contributed by atoms with Gasteiger partial charge in [-0.3, -0.25) is 14.4 Å². The largest absolute Gasteiger partial charge is 0.496 e. The average Bonchev–Trinajstić information content (AvgIpc) is 2.64. The topological polar surface area (TPSA) is 93.7 Å². The van der Waals surface area contributed by atoms with Crippen LogP contribution in [0.3, 0.4) is 0 Å². The second-order valence-electron chi connectivity index (χ2n) is 6.22. The number of para-hydroxylation sites is 1. The van der Waals surface area contributed by atoms with Crippen LogP contribution in [0.4, 0.5) is 0 Å². The summed E-state index contributed by atoms with van der Waals surface area (Å²) in [5, 5.41) is 5.57. The number of benzene rings is 1. The number of esters is 1. The molecule has 0 heterocycles. The number of amides is 2. The molecule has 0 aliphatic rings. The molecular formula is C19H28N2O5. The minimum atomic E-state index is -0.659. The molecule has 7 nitrogen and oxygen atoms in total. The quantitative estimate of drug-likeness (QED) is 0.489. The third-order valence-corrected chi connectivity index (χ3v) is 3.92. The van der Waals surface area contributed by atoms with Crippen LogP contribution in [-0.2, 0) is 14.3 Å². The lowest BCUT2D eigenvalue weighted by molar-refractivity contribution is -0.140. The van der Waals surface area contributed by atoms with Crippen LogP contribution in [0.1, 0.15) is 43.5 Å². The standard InChI is InChI=1S/C19H28N2O5/c1-13(2)17(19(24)20-12-8-7-11-16(22)26-4)21-18(23)14-9-5-6-10-15(14)25-3/h5-6,9-10,13,17H,7-8,11-12H2,1-4H3,(H,20,24)(H,21,23). The number of carbonyl (C=O) groups excluding carboxylic acids is 3. The van der Waals surface area contributed by atoms with Gasteiger partial charge in [0.25, 0.3) is 5.91 Å². The first-order valence-electron chi connectivity index (χ1n) is 8.69. The normalized spacial score (nSPS) is 11.6. The van der Waals surface area contributed by atoms with Crippen LogP contribution in [-0.4, -0.2) is 44.6 Å². The van der Waals surface area contributed by atoms with Crippen molar-refractivity contribution in [3.8, 4) is 5.75 Å². The maximum atomic E-state index is 12.5. The molecule has 0 aliphatic heterocycles. The highest BCUT2D eigenvalue weighted by atomic mass is 16.5. The van der Waals surface area contributed by atoms with Gasteiger partial charge < -0.3 is 20.1 Å². The van der Waals surface area contributed by atoms with Gasteiger partial charge in [0.1, 0.15) is 11.8 Å². The molecular weight excluding hydrogens is 336 g/mol. The summed E-state index contributed by atoms with van der Waals surface area (Å²) in [4.78, 5) is 36.0. The van der Waals surface area contributed by atoms with Gasteiger partial charge >= 0.3 is 5.97 Å². The van der Waals surface area contributed by atoms with E-state index < -0.39 is 6.04 Å². The molecule has 0 spiro atoms. The molecule has 26 heavy (non-hydrogen) atoms. The summed E-state index contributed by atoms with van der Waals surface area (Å²) in [5.41, 5.74) is 0.381. The molecule has 0 bridgehead atoms. The second-order valence-corrected chi connectivity index (χ2v) is 6.22. The van der Waals surface area contributed by atoms with E-state index >= 15 is 0 Å². The van der Waals surface area contributed by atoms with Gasteiger partial charge in [0.2, 0.25) is 5.91 Å². The number of ether oxygens (including phenoxy) is 2. The molecule has 1 aromatic carbocycles. The highest BCUT2D eigenvalue weighted by Crippen LogP contribution is 2.17. The molecule has 1 atom stereocenters. The van der Waals surface area contributed by atoms with Crippen LogP contribution >= 0.6 is 0 Å². The summed E-state index contributed by atoms with van der Waals surface area (Å²) in [7, 11) is 2.84. The fourth-order valence-electron chi connectivity index (χ4n) is 2.40. The highest BCUT2D eigenvalue weighted by Gasteiger charge is 2.25. The number of rotatable bonds is 10. The van der Waals surface area contributed by atoms with E-state index in [1.165, 1.54) is 14.2 Å². The minimum Gasteiger partial charge on any atom is -0.496 e. The molecule has 7 heteroatoms. The SMILES string of the molecule is COC(=O)CCCCNC(=O)C(NC(=O)c1ccccc1OC)C(C)C. The molecule has 144 valence electrons. The van der Waals surface area contributed by atoms with Gasteiger partial charge in [0, 0.05) is 13.0 Å². The Morgan fingerprint density at radius 1 is 1.08 bits per heavy atom. The van der Waals surface area contributed by atoms with E-state index in [9.17, 15) is 14.4 Å². The van der Waals surface area contributed by atoms with Crippen molar-refractivity contribution in [2.75, 3.05) is 20.8 Å². The molecule has 0 aliphatic carbocycles. The monoisotopic (exact) mass is 364 g/mol. The minimum absolute atomic E-state index is 0.0799. The van der Waals surface area contributed by atoms with Crippen molar-refractivity contribution in [3.63, 3.8) is 0 Å². The van der Waals surface area contributed by atoms with Crippen molar-refractivity contribution in [2.45, 2.75) is 39.2 Å². The zero-order valence-electron chi connectivity index (χ0n) is 15.8. The summed E-state index contributed by atoms with van der Waals surface area (Å²) in [6.45, 7) is 4.16. The van der Waals surface area contributed by atoms with Crippen LogP contribution in [0, 0.1) is 5.92 Å². The number of hydrogen-bond acceptors (Lipinski definition) is 5. The van der Waals surface area contributed by atoms with Gasteiger partial charge in [-0.25, -0.2) is 0 Å². The molecule has 1 unspecified atom stereocenters. The van der Waals surface area contributed by atoms with E-state index in [0.717, 1.165) is 0 Å². The summed E-state index contributed by atoms with van der Waals surface area (Å²) in [6.07, 6.45) is 1.61. The molecule has 1 aromatic rings. The Bertz CT molecular complexity index is 616. The maximum Gasteiger partial charge on any atom is 0.305 e.